The summed E-state index contributed by atoms with van der Waals surface area (Å²) in [4.78, 5) is 27.3. The van der Waals surface area contributed by atoms with Crippen LogP contribution in [0.5, 0.6) is 0 Å². The molecular weight excluding hydrogens is 204 g/mol. The van der Waals surface area contributed by atoms with Crippen LogP contribution >= 0.6 is 0 Å². The van der Waals surface area contributed by atoms with E-state index < -0.39 is 0 Å². The number of anilines is 1. The Balaban J connectivity index is 2.21. The predicted molar refractivity (Wildman–Crippen MR) is 59.0 cm³/mol. The summed E-state index contributed by atoms with van der Waals surface area (Å²) < 4.78 is 0. The molecule has 0 bridgehead atoms. The van der Waals surface area contributed by atoms with Crippen LogP contribution in [0.3, 0.4) is 0 Å². The number of carbonyl (C=O) groups excluding carboxylic acids is 2. The fraction of sp³-hybridized carbons (Fsp3) is 0.333. The normalized spacial score (nSPS) is 23.4. The maximum atomic E-state index is 12.1. The number of rotatable bonds is 0. The molecule has 0 saturated carbocycles. The molecule has 0 spiro atoms. The van der Waals surface area contributed by atoms with Gasteiger partial charge in [-0.05, 0) is 18.6 Å². The Morgan fingerprint density at radius 2 is 2.00 bits per heavy atom. The smallest absolute Gasteiger partial charge is 0.257 e. The molecule has 1 saturated heterocycles. The van der Waals surface area contributed by atoms with Gasteiger partial charge in [-0.15, -0.1) is 0 Å². The third-order valence-electron chi connectivity index (χ3n) is 3.34. The van der Waals surface area contributed by atoms with Gasteiger partial charge in [-0.25, -0.2) is 0 Å². The standard InChI is InChI=1S/C12H12N2O2/c1-13-10-6-7-11(15)14(10)9-5-3-2-4-8(9)12(13)16/h2-5,10H,6-7H2,1H3. The summed E-state index contributed by atoms with van der Waals surface area (Å²) in [5.74, 6) is 0.114. The van der Waals surface area contributed by atoms with Gasteiger partial charge in [-0.1, -0.05) is 12.1 Å². The van der Waals surface area contributed by atoms with E-state index in [1.807, 2.05) is 18.2 Å². The quantitative estimate of drug-likeness (QED) is 0.654. The summed E-state index contributed by atoms with van der Waals surface area (Å²) in [6, 6.07) is 7.30. The number of nitrogens with zero attached hydrogens (tertiary/aromatic N) is 2. The van der Waals surface area contributed by atoms with Crippen LogP contribution in [0.2, 0.25) is 0 Å². The molecule has 2 aliphatic heterocycles. The van der Waals surface area contributed by atoms with Crippen LogP contribution in [0.1, 0.15) is 23.2 Å². The first-order valence-electron chi connectivity index (χ1n) is 5.38. The van der Waals surface area contributed by atoms with Gasteiger partial charge in [-0.2, -0.15) is 0 Å². The largest absolute Gasteiger partial charge is 0.321 e. The van der Waals surface area contributed by atoms with E-state index in [4.69, 9.17) is 0 Å². The molecule has 4 nitrogen and oxygen atoms in total. The number of hydrogen-bond donors (Lipinski definition) is 0. The molecule has 82 valence electrons. The SMILES string of the molecule is CN1C(=O)c2ccccc2N2C(=O)CCC12. The Morgan fingerprint density at radius 3 is 2.81 bits per heavy atom. The van der Waals surface area contributed by atoms with Crippen molar-refractivity contribution in [3.63, 3.8) is 0 Å². The maximum Gasteiger partial charge on any atom is 0.257 e. The van der Waals surface area contributed by atoms with Crippen LogP contribution in [0.15, 0.2) is 24.3 Å². The Morgan fingerprint density at radius 1 is 1.25 bits per heavy atom. The minimum atomic E-state index is -0.0881. The van der Waals surface area contributed by atoms with Gasteiger partial charge in [0.1, 0.15) is 6.17 Å². The van der Waals surface area contributed by atoms with Crippen molar-refractivity contribution in [1.29, 1.82) is 0 Å². The van der Waals surface area contributed by atoms with Crippen molar-refractivity contribution in [2.24, 2.45) is 0 Å². The number of para-hydroxylation sites is 1. The second kappa shape index (κ2) is 3.07. The first-order valence-corrected chi connectivity index (χ1v) is 5.38. The Labute approximate surface area is 93.5 Å². The highest BCUT2D eigenvalue weighted by atomic mass is 16.2. The number of amides is 2. The number of benzene rings is 1. The van der Waals surface area contributed by atoms with E-state index in [2.05, 4.69) is 0 Å². The lowest BCUT2D eigenvalue weighted by molar-refractivity contribution is -0.117. The van der Waals surface area contributed by atoms with Crippen molar-refractivity contribution in [2.45, 2.75) is 19.0 Å². The first kappa shape index (κ1) is 9.39. The van der Waals surface area contributed by atoms with E-state index in [1.54, 1.807) is 22.9 Å². The fourth-order valence-electron chi connectivity index (χ4n) is 2.52. The Kier molecular flexibility index (Phi) is 1.80. The van der Waals surface area contributed by atoms with Crippen LogP contribution in [0.25, 0.3) is 0 Å². The lowest BCUT2D eigenvalue weighted by Gasteiger charge is -2.38. The molecule has 0 N–H and O–H groups in total. The molecule has 3 rings (SSSR count). The van der Waals surface area contributed by atoms with Crippen LogP contribution in [0, 0.1) is 0 Å². The summed E-state index contributed by atoms with van der Waals surface area (Å²) in [7, 11) is 1.76. The van der Waals surface area contributed by atoms with Crippen LogP contribution in [-0.2, 0) is 4.79 Å². The zero-order valence-corrected chi connectivity index (χ0v) is 9.01. The van der Waals surface area contributed by atoms with E-state index in [1.165, 1.54) is 0 Å². The minimum Gasteiger partial charge on any atom is -0.321 e. The monoisotopic (exact) mass is 216 g/mol. The van der Waals surface area contributed by atoms with Crippen molar-refractivity contribution in [2.75, 3.05) is 11.9 Å². The maximum absolute atomic E-state index is 12.1. The van der Waals surface area contributed by atoms with E-state index in [0.717, 1.165) is 12.1 Å². The first-order chi connectivity index (χ1) is 7.70. The van der Waals surface area contributed by atoms with Crippen LogP contribution < -0.4 is 4.90 Å². The molecule has 0 aliphatic carbocycles. The van der Waals surface area contributed by atoms with Gasteiger partial charge in [-0.3, -0.25) is 14.5 Å². The third-order valence-corrected chi connectivity index (χ3v) is 3.34. The summed E-state index contributed by atoms with van der Waals surface area (Å²) in [5, 5.41) is 0. The Bertz CT molecular complexity index is 484. The molecule has 4 heteroatoms. The van der Waals surface area contributed by atoms with Crippen molar-refractivity contribution in [3.8, 4) is 0 Å². The van der Waals surface area contributed by atoms with Gasteiger partial charge in [0.25, 0.3) is 5.91 Å². The number of carbonyl (C=O) groups is 2. The molecule has 1 unspecified atom stereocenters. The van der Waals surface area contributed by atoms with Gasteiger partial charge in [0.05, 0.1) is 11.3 Å². The third kappa shape index (κ3) is 1.04. The van der Waals surface area contributed by atoms with E-state index in [-0.39, 0.29) is 18.0 Å². The zero-order chi connectivity index (χ0) is 11.3. The fourth-order valence-corrected chi connectivity index (χ4v) is 2.52. The average molecular weight is 216 g/mol. The van der Waals surface area contributed by atoms with E-state index >= 15 is 0 Å². The van der Waals surface area contributed by atoms with E-state index in [0.29, 0.717) is 12.0 Å². The van der Waals surface area contributed by atoms with Crippen molar-refractivity contribution in [3.05, 3.63) is 29.8 Å². The number of hydrogen-bond acceptors (Lipinski definition) is 2. The highest BCUT2D eigenvalue weighted by Crippen LogP contribution is 2.35. The van der Waals surface area contributed by atoms with Crippen molar-refractivity contribution in [1.82, 2.24) is 4.90 Å². The van der Waals surface area contributed by atoms with Crippen molar-refractivity contribution >= 4 is 17.5 Å². The predicted octanol–water partition coefficient (Wildman–Crippen LogP) is 1.23. The second-order valence-corrected chi connectivity index (χ2v) is 4.22. The summed E-state index contributed by atoms with van der Waals surface area (Å²) >= 11 is 0. The summed E-state index contributed by atoms with van der Waals surface area (Å²) in [6.45, 7) is 0. The molecule has 2 heterocycles. The van der Waals surface area contributed by atoms with Gasteiger partial charge in [0, 0.05) is 13.5 Å². The van der Waals surface area contributed by atoms with E-state index in [9.17, 15) is 9.59 Å². The lowest BCUT2D eigenvalue weighted by Crippen LogP contribution is -2.51. The van der Waals surface area contributed by atoms with Gasteiger partial charge < -0.3 is 4.90 Å². The highest BCUT2D eigenvalue weighted by Gasteiger charge is 2.42. The summed E-state index contributed by atoms with van der Waals surface area (Å²) in [6.07, 6.45) is 1.17. The van der Waals surface area contributed by atoms with Crippen molar-refractivity contribution < 1.29 is 9.59 Å². The zero-order valence-electron chi connectivity index (χ0n) is 9.01. The molecule has 1 fully saturated rings. The minimum absolute atomic E-state index is 0.00606. The number of fused-ring (bicyclic) bond motifs is 3. The Hall–Kier alpha value is -1.84. The van der Waals surface area contributed by atoms with Crippen LogP contribution in [0.4, 0.5) is 5.69 Å². The lowest BCUT2D eigenvalue weighted by atomic mass is 10.1. The molecule has 2 aliphatic rings. The molecule has 1 aromatic carbocycles. The van der Waals surface area contributed by atoms with Crippen LogP contribution in [-0.4, -0.2) is 29.9 Å². The molecule has 2 amide bonds. The second-order valence-electron chi connectivity index (χ2n) is 4.22. The molecular formula is C12H12N2O2. The van der Waals surface area contributed by atoms with Gasteiger partial charge >= 0.3 is 0 Å². The molecule has 16 heavy (non-hydrogen) atoms. The van der Waals surface area contributed by atoms with Gasteiger partial charge in [0.15, 0.2) is 0 Å². The molecule has 1 atom stereocenters. The average Bonchev–Trinajstić information content (AvgIpc) is 2.69. The topological polar surface area (TPSA) is 40.6 Å². The molecule has 0 aromatic heterocycles. The highest BCUT2D eigenvalue weighted by molar-refractivity contribution is 6.09. The summed E-state index contributed by atoms with van der Waals surface area (Å²) in [5.41, 5.74) is 1.38. The molecule has 1 aromatic rings. The molecule has 0 radical (unpaired) electrons. The van der Waals surface area contributed by atoms with Gasteiger partial charge in [0.2, 0.25) is 5.91 Å².